The highest BCUT2D eigenvalue weighted by Gasteiger charge is 2.07. The molecule has 0 atom stereocenters. The van der Waals surface area contributed by atoms with Crippen molar-refractivity contribution in [2.75, 3.05) is 27.4 Å². The molecule has 0 amide bonds. The van der Waals surface area contributed by atoms with Crippen molar-refractivity contribution < 1.29 is 23.7 Å². The van der Waals surface area contributed by atoms with Gasteiger partial charge in [-0.05, 0) is 42.8 Å². The Morgan fingerprint density at radius 1 is 0.826 bits per heavy atom. The van der Waals surface area contributed by atoms with E-state index in [0.717, 1.165) is 11.8 Å². The maximum atomic E-state index is 10.8. The van der Waals surface area contributed by atoms with Crippen LogP contribution < -0.4 is 18.9 Å². The van der Waals surface area contributed by atoms with E-state index < -0.39 is 0 Å². The highest BCUT2D eigenvalue weighted by molar-refractivity contribution is 5.76. The van der Waals surface area contributed by atoms with Crippen LogP contribution in [0.1, 0.15) is 15.9 Å². The Labute approximate surface area is 135 Å². The summed E-state index contributed by atoms with van der Waals surface area (Å²) in [6.45, 7) is 2.64. The van der Waals surface area contributed by atoms with Gasteiger partial charge in [0.25, 0.3) is 0 Å². The number of ether oxygens (including phenoxy) is 4. The Morgan fingerprint density at radius 3 is 1.96 bits per heavy atom. The highest BCUT2D eigenvalue weighted by Crippen LogP contribution is 2.29. The van der Waals surface area contributed by atoms with Crippen molar-refractivity contribution in [3.8, 4) is 23.0 Å². The Morgan fingerprint density at radius 2 is 1.39 bits per heavy atom. The van der Waals surface area contributed by atoms with E-state index >= 15 is 0 Å². The number of rotatable bonds is 8. The molecular weight excluding hydrogens is 296 g/mol. The summed E-state index contributed by atoms with van der Waals surface area (Å²) >= 11 is 0. The van der Waals surface area contributed by atoms with E-state index in [1.807, 2.05) is 25.1 Å². The van der Waals surface area contributed by atoms with E-state index in [1.165, 1.54) is 0 Å². The second kappa shape index (κ2) is 8.08. The van der Waals surface area contributed by atoms with Crippen LogP contribution in [0.2, 0.25) is 0 Å². The molecule has 5 heteroatoms. The molecular formula is C18H20O5. The highest BCUT2D eigenvalue weighted by atomic mass is 16.5. The third kappa shape index (κ3) is 4.39. The first kappa shape index (κ1) is 16.7. The van der Waals surface area contributed by atoms with E-state index in [1.54, 1.807) is 32.4 Å². The summed E-state index contributed by atoms with van der Waals surface area (Å²) in [5.41, 5.74) is 1.61. The number of hydrogen-bond acceptors (Lipinski definition) is 5. The van der Waals surface area contributed by atoms with Crippen LogP contribution in [0.3, 0.4) is 0 Å². The maximum absolute atomic E-state index is 10.8. The first-order valence-corrected chi connectivity index (χ1v) is 7.21. The van der Waals surface area contributed by atoms with Gasteiger partial charge >= 0.3 is 0 Å². The quantitative estimate of drug-likeness (QED) is 0.552. The molecule has 2 aromatic rings. The maximum Gasteiger partial charge on any atom is 0.162 e. The molecule has 0 aliphatic rings. The predicted octanol–water partition coefficient (Wildman–Crippen LogP) is 3.28. The topological polar surface area (TPSA) is 54.0 Å². The Hall–Kier alpha value is -2.69. The summed E-state index contributed by atoms with van der Waals surface area (Å²) < 4.78 is 21.8. The summed E-state index contributed by atoms with van der Waals surface area (Å²) in [4.78, 5) is 10.8. The Balaban J connectivity index is 1.95. The van der Waals surface area contributed by atoms with Crippen LogP contribution in [0.5, 0.6) is 23.0 Å². The average molecular weight is 316 g/mol. The molecule has 0 bridgehead atoms. The minimum Gasteiger partial charge on any atom is -0.493 e. The SMILES string of the molecule is COc1ccc(C)cc1OCCOc1cc(C=O)ccc1OC. The van der Waals surface area contributed by atoms with Crippen molar-refractivity contribution in [2.45, 2.75) is 6.92 Å². The van der Waals surface area contributed by atoms with Gasteiger partial charge in [-0.25, -0.2) is 0 Å². The van der Waals surface area contributed by atoms with Crippen molar-refractivity contribution in [1.29, 1.82) is 0 Å². The number of aryl methyl sites for hydroxylation is 1. The molecule has 0 saturated heterocycles. The zero-order chi connectivity index (χ0) is 16.7. The van der Waals surface area contributed by atoms with Crippen molar-refractivity contribution >= 4 is 6.29 Å². The second-order valence-electron chi connectivity index (χ2n) is 4.88. The van der Waals surface area contributed by atoms with Crippen molar-refractivity contribution in [2.24, 2.45) is 0 Å². The lowest BCUT2D eigenvalue weighted by molar-refractivity contribution is 0.112. The van der Waals surface area contributed by atoms with Crippen molar-refractivity contribution in [3.05, 3.63) is 47.5 Å². The molecule has 2 rings (SSSR count). The van der Waals surface area contributed by atoms with Crippen LogP contribution in [0.15, 0.2) is 36.4 Å². The molecule has 0 aliphatic carbocycles. The van der Waals surface area contributed by atoms with Gasteiger partial charge in [-0.15, -0.1) is 0 Å². The number of carbonyl (C=O) groups excluding carboxylic acids is 1. The van der Waals surface area contributed by atoms with E-state index in [0.29, 0.717) is 41.8 Å². The molecule has 0 N–H and O–H groups in total. The average Bonchev–Trinajstić information content (AvgIpc) is 2.58. The van der Waals surface area contributed by atoms with E-state index in [4.69, 9.17) is 18.9 Å². The largest absolute Gasteiger partial charge is 0.493 e. The standard InChI is InChI=1S/C18H20O5/c1-13-4-6-15(20-2)17(10-13)22-8-9-23-18-11-14(12-19)5-7-16(18)21-3/h4-7,10-12H,8-9H2,1-3H3. The van der Waals surface area contributed by atoms with Gasteiger partial charge in [-0.2, -0.15) is 0 Å². The number of aldehydes is 1. The smallest absolute Gasteiger partial charge is 0.162 e. The van der Waals surface area contributed by atoms with Gasteiger partial charge in [0.2, 0.25) is 0 Å². The minimum absolute atomic E-state index is 0.315. The van der Waals surface area contributed by atoms with Crippen LogP contribution in [-0.4, -0.2) is 33.7 Å². The zero-order valence-electron chi connectivity index (χ0n) is 13.5. The molecule has 0 fully saturated rings. The van der Waals surface area contributed by atoms with Crippen LogP contribution in [0, 0.1) is 6.92 Å². The lowest BCUT2D eigenvalue weighted by Gasteiger charge is -2.13. The Kier molecular flexibility index (Phi) is 5.86. The first-order valence-electron chi connectivity index (χ1n) is 7.21. The van der Waals surface area contributed by atoms with Crippen molar-refractivity contribution in [1.82, 2.24) is 0 Å². The van der Waals surface area contributed by atoms with Gasteiger partial charge in [0, 0.05) is 5.56 Å². The van der Waals surface area contributed by atoms with E-state index in [9.17, 15) is 4.79 Å². The normalized spacial score (nSPS) is 10.0. The Bertz CT molecular complexity index is 666. The summed E-state index contributed by atoms with van der Waals surface area (Å²) in [6.07, 6.45) is 0.764. The van der Waals surface area contributed by atoms with Crippen molar-refractivity contribution in [3.63, 3.8) is 0 Å². The fourth-order valence-electron chi connectivity index (χ4n) is 2.08. The molecule has 0 spiro atoms. The van der Waals surface area contributed by atoms with E-state index in [-0.39, 0.29) is 0 Å². The molecule has 0 radical (unpaired) electrons. The van der Waals surface area contributed by atoms with Gasteiger partial charge in [0.05, 0.1) is 14.2 Å². The molecule has 122 valence electrons. The van der Waals surface area contributed by atoms with Crippen LogP contribution in [0.25, 0.3) is 0 Å². The lowest BCUT2D eigenvalue weighted by Crippen LogP contribution is -2.10. The number of methoxy groups -OCH3 is 2. The molecule has 0 aliphatic heterocycles. The predicted molar refractivity (Wildman–Crippen MR) is 87.1 cm³/mol. The third-order valence-corrected chi connectivity index (χ3v) is 3.24. The molecule has 0 saturated carbocycles. The van der Waals surface area contributed by atoms with Gasteiger partial charge < -0.3 is 18.9 Å². The van der Waals surface area contributed by atoms with Gasteiger partial charge in [-0.1, -0.05) is 6.07 Å². The molecule has 0 aromatic heterocycles. The molecule has 0 heterocycles. The second-order valence-corrected chi connectivity index (χ2v) is 4.88. The summed E-state index contributed by atoms with van der Waals surface area (Å²) in [7, 11) is 3.15. The first-order chi connectivity index (χ1) is 11.2. The molecule has 5 nitrogen and oxygen atoms in total. The molecule has 23 heavy (non-hydrogen) atoms. The van der Waals surface area contributed by atoms with Gasteiger partial charge in [-0.3, -0.25) is 4.79 Å². The summed E-state index contributed by atoms with van der Waals surface area (Å²) in [5, 5.41) is 0. The number of carbonyl (C=O) groups is 1. The summed E-state index contributed by atoms with van der Waals surface area (Å²) in [5.74, 6) is 2.43. The lowest BCUT2D eigenvalue weighted by atomic mass is 10.2. The van der Waals surface area contributed by atoms with Crippen LogP contribution >= 0.6 is 0 Å². The zero-order valence-corrected chi connectivity index (χ0v) is 13.5. The minimum atomic E-state index is 0.315. The van der Waals surface area contributed by atoms with Gasteiger partial charge in [0.1, 0.15) is 19.5 Å². The molecule has 0 unspecified atom stereocenters. The number of hydrogen-bond donors (Lipinski definition) is 0. The summed E-state index contributed by atoms with van der Waals surface area (Å²) in [6, 6.07) is 10.7. The van der Waals surface area contributed by atoms with Gasteiger partial charge in [0.15, 0.2) is 23.0 Å². The number of benzene rings is 2. The van der Waals surface area contributed by atoms with Crippen LogP contribution in [-0.2, 0) is 0 Å². The fraction of sp³-hybridized carbons (Fsp3) is 0.278. The van der Waals surface area contributed by atoms with Crippen LogP contribution in [0.4, 0.5) is 0 Å². The van der Waals surface area contributed by atoms with E-state index in [2.05, 4.69) is 0 Å². The third-order valence-electron chi connectivity index (χ3n) is 3.24. The monoisotopic (exact) mass is 316 g/mol. The molecule has 2 aromatic carbocycles. The fourth-order valence-corrected chi connectivity index (χ4v) is 2.08.